The lowest BCUT2D eigenvalue weighted by Crippen LogP contribution is -2.45. The predicted molar refractivity (Wildman–Crippen MR) is 81.3 cm³/mol. The van der Waals surface area contributed by atoms with Crippen LogP contribution in [0.25, 0.3) is 0 Å². The van der Waals surface area contributed by atoms with Gasteiger partial charge in [-0.1, -0.05) is 27.2 Å². The number of hydrogen-bond donors (Lipinski definition) is 1. The summed E-state index contributed by atoms with van der Waals surface area (Å²) in [5.74, 6) is 3.43. The van der Waals surface area contributed by atoms with Crippen molar-refractivity contribution in [2.24, 2.45) is 23.7 Å². The van der Waals surface area contributed by atoms with Gasteiger partial charge in [0.25, 0.3) is 0 Å². The molecule has 1 saturated carbocycles. The molecule has 112 valence electrons. The third kappa shape index (κ3) is 3.95. The fourth-order valence-electron chi connectivity index (χ4n) is 4.05. The fraction of sp³-hybridized carbons (Fsp3) is 1.00. The summed E-state index contributed by atoms with van der Waals surface area (Å²) in [5.41, 5.74) is 0. The van der Waals surface area contributed by atoms with Crippen LogP contribution in [0.15, 0.2) is 0 Å². The molecule has 2 heteroatoms. The summed E-state index contributed by atoms with van der Waals surface area (Å²) >= 11 is 0. The lowest BCUT2D eigenvalue weighted by atomic mass is 9.70. The average Bonchev–Trinajstić information content (AvgIpc) is 2.80. The molecule has 1 aliphatic heterocycles. The maximum absolute atomic E-state index is 5.83. The minimum Gasteiger partial charge on any atom is -0.378 e. The van der Waals surface area contributed by atoms with Crippen LogP contribution in [-0.4, -0.2) is 25.3 Å². The zero-order valence-electron chi connectivity index (χ0n) is 13.3. The van der Waals surface area contributed by atoms with Crippen LogP contribution in [-0.2, 0) is 4.74 Å². The monoisotopic (exact) mass is 267 g/mol. The quantitative estimate of drug-likeness (QED) is 0.817. The van der Waals surface area contributed by atoms with Crippen LogP contribution in [0.1, 0.15) is 59.8 Å². The topological polar surface area (TPSA) is 21.3 Å². The number of nitrogens with one attached hydrogen (secondary N) is 1. The van der Waals surface area contributed by atoms with Crippen molar-refractivity contribution in [1.82, 2.24) is 5.32 Å². The van der Waals surface area contributed by atoms with E-state index in [1.165, 1.54) is 32.1 Å². The second-order valence-corrected chi connectivity index (χ2v) is 7.15. The van der Waals surface area contributed by atoms with Gasteiger partial charge < -0.3 is 10.1 Å². The number of rotatable bonds is 5. The zero-order valence-corrected chi connectivity index (χ0v) is 13.3. The van der Waals surface area contributed by atoms with Gasteiger partial charge in [-0.2, -0.15) is 0 Å². The van der Waals surface area contributed by atoms with Crippen molar-refractivity contribution in [1.29, 1.82) is 0 Å². The molecular formula is C17H33NO. The normalized spacial score (nSPS) is 41.4. The first-order valence-corrected chi connectivity index (χ1v) is 8.46. The Morgan fingerprint density at radius 2 is 1.84 bits per heavy atom. The van der Waals surface area contributed by atoms with E-state index in [2.05, 4.69) is 33.0 Å². The van der Waals surface area contributed by atoms with E-state index in [1.807, 2.05) is 0 Å². The Bertz CT molecular complexity index is 268. The molecule has 6 atom stereocenters. The lowest BCUT2D eigenvalue weighted by Gasteiger charge is -2.39. The SMILES string of the molecule is CCCNC(C1COC(C)C1)C1CCC(C)C(C)C1. The summed E-state index contributed by atoms with van der Waals surface area (Å²) in [7, 11) is 0. The molecule has 0 amide bonds. The van der Waals surface area contributed by atoms with Crippen molar-refractivity contribution in [3.8, 4) is 0 Å². The molecule has 2 fully saturated rings. The predicted octanol–water partition coefficient (Wildman–Crippen LogP) is 3.85. The van der Waals surface area contributed by atoms with Gasteiger partial charge in [-0.3, -0.25) is 0 Å². The van der Waals surface area contributed by atoms with Gasteiger partial charge in [0.05, 0.1) is 12.7 Å². The van der Waals surface area contributed by atoms with E-state index in [-0.39, 0.29) is 0 Å². The molecule has 0 aromatic carbocycles. The maximum atomic E-state index is 5.83. The molecular weight excluding hydrogens is 234 g/mol. The van der Waals surface area contributed by atoms with E-state index in [1.54, 1.807) is 0 Å². The molecule has 1 heterocycles. The highest BCUT2D eigenvalue weighted by atomic mass is 16.5. The van der Waals surface area contributed by atoms with Gasteiger partial charge in [-0.15, -0.1) is 0 Å². The lowest BCUT2D eigenvalue weighted by molar-refractivity contribution is 0.102. The van der Waals surface area contributed by atoms with E-state index >= 15 is 0 Å². The summed E-state index contributed by atoms with van der Waals surface area (Å²) in [4.78, 5) is 0. The fourth-order valence-corrected chi connectivity index (χ4v) is 4.05. The van der Waals surface area contributed by atoms with E-state index in [4.69, 9.17) is 4.74 Å². The van der Waals surface area contributed by atoms with Gasteiger partial charge >= 0.3 is 0 Å². The minimum atomic E-state index is 0.468. The molecule has 2 aliphatic rings. The van der Waals surface area contributed by atoms with E-state index in [0.29, 0.717) is 12.1 Å². The standard InChI is InChI=1S/C17H33NO/c1-5-8-18-17(16-10-14(4)19-11-16)15-7-6-12(2)13(3)9-15/h12-18H,5-11H2,1-4H3. The third-order valence-corrected chi connectivity index (χ3v) is 5.51. The van der Waals surface area contributed by atoms with Crippen molar-refractivity contribution in [3.63, 3.8) is 0 Å². The molecule has 0 aromatic rings. The van der Waals surface area contributed by atoms with Crippen LogP contribution in [0, 0.1) is 23.7 Å². The molecule has 1 aliphatic carbocycles. The van der Waals surface area contributed by atoms with Gasteiger partial charge in [0.1, 0.15) is 0 Å². The van der Waals surface area contributed by atoms with Crippen molar-refractivity contribution in [2.75, 3.05) is 13.2 Å². The van der Waals surface area contributed by atoms with Crippen LogP contribution in [0.4, 0.5) is 0 Å². The summed E-state index contributed by atoms with van der Waals surface area (Å²) in [6, 6.07) is 0.694. The smallest absolute Gasteiger partial charge is 0.0551 e. The van der Waals surface area contributed by atoms with Crippen molar-refractivity contribution in [2.45, 2.75) is 71.9 Å². The molecule has 6 unspecified atom stereocenters. The average molecular weight is 267 g/mol. The van der Waals surface area contributed by atoms with Crippen LogP contribution in [0.3, 0.4) is 0 Å². The first-order chi connectivity index (χ1) is 9.11. The van der Waals surface area contributed by atoms with Gasteiger partial charge in [0, 0.05) is 12.0 Å². The van der Waals surface area contributed by atoms with Gasteiger partial charge in [0.15, 0.2) is 0 Å². The number of hydrogen-bond acceptors (Lipinski definition) is 2. The summed E-state index contributed by atoms with van der Waals surface area (Å²) in [6.07, 6.45) is 7.20. The summed E-state index contributed by atoms with van der Waals surface area (Å²) in [6.45, 7) is 11.5. The molecule has 1 N–H and O–H groups in total. The Labute approximate surface area is 119 Å². The van der Waals surface area contributed by atoms with Gasteiger partial charge in [0.2, 0.25) is 0 Å². The Morgan fingerprint density at radius 1 is 1.05 bits per heavy atom. The van der Waals surface area contributed by atoms with E-state index in [0.717, 1.165) is 36.8 Å². The minimum absolute atomic E-state index is 0.468. The summed E-state index contributed by atoms with van der Waals surface area (Å²) in [5, 5.41) is 3.86. The molecule has 1 saturated heterocycles. The van der Waals surface area contributed by atoms with E-state index in [9.17, 15) is 0 Å². The highest BCUT2D eigenvalue weighted by molar-refractivity contribution is 4.90. The highest BCUT2D eigenvalue weighted by Crippen LogP contribution is 2.38. The highest BCUT2D eigenvalue weighted by Gasteiger charge is 2.37. The molecule has 2 rings (SSSR count). The van der Waals surface area contributed by atoms with Gasteiger partial charge in [-0.25, -0.2) is 0 Å². The van der Waals surface area contributed by atoms with Crippen molar-refractivity contribution >= 4 is 0 Å². The Morgan fingerprint density at radius 3 is 2.42 bits per heavy atom. The second kappa shape index (κ2) is 7.08. The molecule has 0 radical (unpaired) electrons. The third-order valence-electron chi connectivity index (χ3n) is 5.51. The zero-order chi connectivity index (χ0) is 13.8. The molecule has 19 heavy (non-hydrogen) atoms. The first kappa shape index (κ1) is 15.3. The Hall–Kier alpha value is -0.0800. The molecule has 0 bridgehead atoms. The number of ether oxygens (including phenoxy) is 1. The van der Waals surface area contributed by atoms with Crippen LogP contribution in [0.5, 0.6) is 0 Å². The van der Waals surface area contributed by atoms with Crippen molar-refractivity contribution in [3.05, 3.63) is 0 Å². The van der Waals surface area contributed by atoms with Crippen LogP contribution < -0.4 is 5.32 Å². The van der Waals surface area contributed by atoms with Crippen molar-refractivity contribution < 1.29 is 4.74 Å². The van der Waals surface area contributed by atoms with Crippen LogP contribution in [0.2, 0.25) is 0 Å². The summed E-state index contributed by atoms with van der Waals surface area (Å²) < 4.78 is 5.83. The van der Waals surface area contributed by atoms with Gasteiger partial charge in [-0.05, 0) is 56.9 Å². The Kier molecular flexibility index (Phi) is 5.70. The second-order valence-electron chi connectivity index (χ2n) is 7.15. The first-order valence-electron chi connectivity index (χ1n) is 8.46. The Balaban J connectivity index is 1.96. The van der Waals surface area contributed by atoms with Crippen LogP contribution >= 0.6 is 0 Å². The molecule has 0 aromatic heterocycles. The maximum Gasteiger partial charge on any atom is 0.0551 e. The van der Waals surface area contributed by atoms with E-state index < -0.39 is 0 Å². The largest absolute Gasteiger partial charge is 0.378 e. The molecule has 2 nitrogen and oxygen atoms in total. The molecule has 0 spiro atoms.